The second-order valence-electron chi connectivity index (χ2n) is 6.17. The summed E-state index contributed by atoms with van der Waals surface area (Å²) in [5.74, 6) is 0.464. The van der Waals surface area contributed by atoms with Gasteiger partial charge in [-0.3, -0.25) is 4.79 Å². The first-order chi connectivity index (χ1) is 10.1. The van der Waals surface area contributed by atoms with Gasteiger partial charge in [-0.25, -0.2) is 14.1 Å². The first-order valence-corrected chi connectivity index (χ1v) is 7.31. The average molecular weight is 283 g/mol. The number of nitrogens with zero attached hydrogens (tertiary/aromatic N) is 3. The fraction of sp³-hybridized carbons (Fsp3) is 0.400. The molecule has 0 radical (unpaired) electrons. The predicted octanol–water partition coefficient (Wildman–Crippen LogP) is 1.62. The van der Waals surface area contributed by atoms with E-state index in [9.17, 15) is 9.18 Å². The number of fused-ring (bicyclic) bond motifs is 1. The van der Waals surface area contributed by atoms with Gasteiger partial charge in [-0.1, -0.05) is 30.3 Å². The van der Waals surface area contributed by atoms with E-state index in [4.69, 9.17) is 0 Å². The van der Waals surface area contributed by atoms with Crippen LogP contribution >= 0.6 is 0 Å². The molecule has 6 heteroatoms. The topological polar surface area (TPSA) is 47.8 Å². The Morgan fingerprint density at radius 1 is 1.33 bits per heavy atom. The van der Waals surface area contributed by atoms with Gasteiger partial charge in [0.2, 0.25) is 11.6 Å². The molecule has 4 rings (SSSR count). The summed E-state index contributed by atoms with van der Waals surface area (Å²) in [7, 11) is 1.52. The van der Waals surface area contributed by atoms with Crippen LogP contribution in [0, 0.1) is 5.92 Å². The highest BCUT2D eigenvalue weighted by Crippen LogP contribution is 2.42. The molecule has 0 unspecified atom stereocenters. The van der Waals surface area contributed by atoms with Gasteiger partial charge in [0.05, 0.1) is 6.04 Å². The minimum Gasteiger partial charge on any atom is -0.290 e. The zero-order valence-corrected chi connectivity index (χ0v) is 11.8. The number of alkyl halides is 1. The number of aromatic nitrogens is 3. The van der Waals surface area contributed by atoms with E-state index in [1.165, 1.54) is 7.85 Å². The van der Waals surface area contributed by atoms with Gasteiger partial charge in [0.25, 0.3) is 0 Å². The van der Waals surface area contributed by atoms with Gasteiger partial charge in [0.15, 0.2) is 13.7 Å². The summed E-state index contributed by atoms with van der Waals surface area (Å²) >= 11 is 0. The molecule has 1 saturated carbocycles. The third kappa shape index (κ3) is 2.01. The van der Waals surface area contributed by atoms with Crippen molar-refractivity contribution in [3.63, 3.8) is 0 Å². The van der Waals surface area contributed by atoms with Crippen molar-refractivity contribution < 1.29 is 9.18 Å². The van der Waals surface area contributed by atoms with Crippen molar-refractivity contribution in [3.05, 3.63) is 47.5 Å². The van der Waals surface area contributed by atoms with Crippen LogP contribution in [0.25, 0.3) is 0 Å². The third-order valence-electron chi connectivity index (χ3n) is 4.32. The number of hydrogen-bond acceptors (Lipinski definition) is 3. The fourth-order valence-electron chi connectivity index (χ4n) is 3.00. The van der Waals surface area contributed by atoms with Gasteiger partial charge in [0.1, 0.15) is 5.57 Å². The smallest absolute Gasteiger partial charge is 0.217 e. The molecule has 1 aliphatic carbocycles. The van der Waals surface area contributed by atoms with Crippen LogP contribution in [0.4, 0.5) is 4.39 Å². The maximum atomic E-state index is 14.8. The van der Waals surface area contributed by atoms with E-state index >= 15 is 0 Å². The molecule has 2 atom stereocenters. The van der Waals surface area contributed by atoms with Crippen LogP contribution in [0.15, 0.2) is 30.3 Å². The summed E-state index contributed by atoms with van der Waals surface area (Å²) in [5, 5.41) is 4.32. The molecule has 0 N–H and O–H groups in total. The van der Waals surface area contributed by atoms with Crippen molar-refractivity contribution in [1.29, 1.82) is 0 Å². The highest BCUT2D eigenvalue weighted by molar-refractivity contribution is 6.14. The Morgan fingerprint density at radius 2 is 2.05 bits per heavy atom. The Hall–Kier alpha value is -1.98. The Kier molecular flexibility index (Phi) is 2.58. The zero-order chi connectivity index (χ0) is 14.6. The van der Waals surface area contributed by atoms with Gasteiger partial charge in [-0.15, -0.1) is 5.10 Å². The number of carbonyl (C=O) groups is 1. The Bertz CT molecular complexity index is 709. The Balaban J connectivity index is 1.77. The first-order valence-electron chi connectivity index (χ1n) is 7.31. The summed E-state index contributed by atoms with van der Waals surface area (Å²) in [4.78, 5) is 16.3. The number of hydrogen-bond donors (Lipinski definition) is 0. The molecule has 0 bridgehead atoms. The average Bonchev–Trinajstić information content (AvgIpc) is 3.17. The van der Waals surface area contributed by atoms with Gasteiger partial charge in [0, 0.05) is 12.3 Å². The van der Waals surface area contributed by atoms with E-state index in [0.29, 0.717) is 6.42 Å². The maximum absolute atomic E-state index is 14.8. The minimum absolute atomic E-state index is 0.0421. The largest absolute Gasteiger partial charge is 0.290 e. The minimum atomic E-state index is -1.55. The normalized spacial score (nSPS) is 27.6. The van der Waals surface area contributed by atoms with Gasteiger partial charge in [-0.2, -0.15) is 0 Å². The van der Waals surface area contributed by atoms with Crippen LogP contribution in [-0.2, 0) is 5.57 Å². The molecule has 2 heterocycles. The monoisotopic (exact) mass is 283 g/mol. The van der Waals surface area contributed by atoms with Crippen LogP contribution in [0.1, 0.15) is 47.3 Å². The molecule has 0 spiro atoms. The Morgan fingerprint density at radius 3 is 2.71 bits per heavy atom. The van der Waals surface area contributed by atoms with Crippen molar-refractivity contribution in [2.24, 2.45) is 5.92 Å². The lowest BCUT2D eigenvalue weighted by atomic mass is 9.79. The van der Waals surface area contributed by atoms with Gasteiger partial charge < -0.3 is 0 Å². The summed E-state index contributed by atoms with van der Waals surface area (Å²) in [6, 6.07) is 9.51. The maximum Gasteiger partial charge on any atom is 0.217 e. The van der Waals surface area contributed by atoms with E-state index in [2.05, 4.69) is 10.1 Å². The number of Topliss-reactive ketones (excluding diaryl/α,β-unsaturated/α-hetero) is 1. The summed E-state index contributed by atoms with van der Waals surface area (Å²) in [6.45, 7) is 0. The van der Waals surface area contributed by atoms with Crippen molar-refractivity contribution >= 4 is 13.6 Å². The van der Waals surface area contributed by atoms with Crippen molar-refractivity contribution in [2.75, 3.05) is 0 Å². The lowest BCUT2D eigenvalue weighted by molar-refractivity contribution is 0.0956. The molecule has 2 aliphatic rings. The highest BCUT2D eigenvalue weighted by atomic mass is 19.1. The first kappa shape index (κ1) is 12.7. The van der Waals surface area contributed by atoms with Gasteiger partial charge >= 0.3 is 0 Å². The molecule has 0 saturated heterocycles. The molecule has 4 nitrogen and oxygen atoms in total. The highest BCUT2D eigenvalue weighted by Gasteiger charge is 2.45. The van der Waals surface area contributed by atoms with E-state index in [1.807, 2.05) is 30.3 Å². The second kappa shape index (κ2) is 4.26. The predicted molar refractivity (Wildman–Crippen MR) is 77.6 cm³/mol. The van der Waals surface area contributed by atoms with Crippen LogP contribution in [-0.4, -0.2) is 28.4 Å². The number of benzene rings is 1. The van der Waals surface area contributed by atoms with Crippen molar-refractivity contribution in [1.82, 2.24) is 14.8 Å². The quantitative estimate of drug-likeness (QED) is 0.635. The summed E-state index contributed by atoms with van der Waals surface area (Å²) in [6.07, 6.45) is 2.11. The van der Waals surface area contributed by atoms with E-state index in [1.54, 1.807) is 4.68 Å². The summed E-state index contributed by atoms with van der Waals surface area (Å²) < 4.78 is 16.4. The molecule has 21 heavy (non-hydrogen) atoms. The molecule has 1 aromatic carbocycles. The van der Waals surface area contributed by atoms with Crippen LogP contribution in [0.5, 0.6) is 0 Å². The molecular weight excluding hydrogens is 268 g/mol. The van der Waals surface area contributed by atoms with Crippen molar-refractivity contribution in [3.8, 4) is 0 Å². The number of carbonyl (C=O) groups excluding carboxylic acids is 1. The third-order valence-corrected chi connectivity index (χ3v) is 4.32. The number of halogens is 1. The lowest BCUT2D eigenvalue weighted by Gasteiger charge is -2.13. The number of ketones is 1. The molecule has 1 fully saturated rings. The molecular formula is C15H15BFN3O. The second-order valence-corrected chi connectivity index (χ2v) is 6.17. The molecule has 0 amide bonds. The van der Waals surface area contributed by atoms with E-state index in [0.717, 1.165) is 18.4 Å². The number of rotatable bonds is 3. The standard InChI is InChI=1S/C15H15BFN3O/c16-15(17)8-11(9-4-2-1-3-5-9)20-14(15)18-13(19-20)12(21)10-6-7-10/h1-5,10-11H,6-8,16H2/t11-,15-/m0/s1. The van der Waals surface area contributed by atoms with Crippen LogP contribution in [0.3, 0.4) is 0 Å². The van der Waals surface area contributed by atoms with Crippen molar-refractivity contribution in [2.45, 2.75) is 30.9 Å². The summed E-state index contributed by atoms with van der Waals surface area (Å²) in [5.41, 5.74) is -0.550. The molecule has 2 aromatic rings. The molecule has 106 valence electrons. The van der Waals surface area contributed by atoms with Gasteiger partial charge in [-0.05, 0) is 18.4 Å². The SMILES string of the molecule is B[C@]1(F)C[C@@H](c2ccccc2)n2nc(C(=O)C3CC3)nc21. The fourth-order valence-corrected chi connectivity index (χ4v) is 3.00. The van der Waals surface area contributed by atoms with Crippen LogP contribution in [0.2, 0.25) is 0 Å². The van der Waals surface area contributed by atoms with Crippen LogP contribution < -0.4 is 0 Å². The molecule has 1 aromatic heterocycles. The van der Waals surface area contributed by atoms with E-state index in [-0.39, 0.29) is 29.4 Å². The zero-order valence-electron chi connectivity index (χ0n) is 11.8. The Labute approximate surface area is 122 Å². The van der Waals surface area contributed by atoms with E-state index < -0.39 is 5.57 Å². The molecule has 1 aliphatic heterocycles. The lowest BCUT2D eigenvalue weighted by Crippen LogP contribution is -2.18.